The van der Waals surface area contributed by atoms with E-state index in [0.717, 1.165) is 0 Å². The van der Waals surface area contributed by atoms with Gasteiger partial charge in [-0.05, 0) is 11.0 Å². The summed E-state index contributed by atoms with van der Waals surface area (Å²) in [5, 5.41) is 8.81. The SMILES string of the molecule is [B]C1CC(O[P+](C)=O)C(CO)O1. The maximum Gasteiger partial charge on any atom is 0.505 e. The molecule has 0 aliphatic carbocycles. The monoisotopic (exact) mass is 189 g/mol. The van der Waals surface area contributed by atoms with Crippen LogP contribution < -0.4 is 0 Å². The summed E-state index contributed by atoms with van der Waals surface area (Å²) in [5.41, 5.74) is 0. The molecule has 1 aliphatic rings. The van der Waals surface area contributed by atoms with E-state index in [0.29, 0.717) is 6.42 Å². The van der Waals surface area contributed by atoms with Gasteiger partial charge in [-0.3, -0.25) is 0 Å². The Bertz CT molecular complexity index is 177. The first-order valence-electron chi connectivity index (χ1n) is 3.73. The third-order valence-corrected chi connectivity index (χ3v) is 2.26. The third kappa shape index (κ3) is 2.52. The molecule has 0 amide bonds. The van der Waals surface area contributed by atoms with Crippen molar-refractivity contribution in [1.82, 2.24) is 0 Å². The molecule has 0 aromatic heterocycles. The second-order valence-corrected chi connectivity index (χ2v) is 3.80. The van der Waals surface area contributed by atoms with E-state index in [-0.39, 0.29) is 12.7 Å². The fraction of sp³-hybridized carbons (Fsp3) is 1.00. The molecule has 1 N–H and O–H groups in total. The highest BCUT2D eigenvalue weighted by Gasteiger charge is 2.37. The van der Waals surface area contributed by atoms with Crippen LogP contribution in [-0.2, 0) is 13.8 Å². The highest BCUT2D eigenvalue weighted by Crippen LogP contribution is 2.29. The molecule has 1 saturated heterocycles. The van der Waals surface area contributed by atoms with Crippen molar-refractivity contribution in [3.8, 4) is 0 Å². The van der Waals surface area contributed by atoms with Crippen molar-refractivity contribution in [3.05, 3.63) is 0 Å². The van der Waals surface area contributed by atoms with E-state index in [1.54, 1.807) is 0 Å². The molecule has 4 nitrogen and oxygen atoms in total. The second kappa shape index (κ2) is 4.33. The van der Waals surface area contributed by atoms with Gasteiger partial charge in [0, 0.05) is 6.00 Å². The molecule has 0 saturated carbocycles. The quantitative estimate of drug-likeness (QED) is 0.502. The van der Waals surface area contributed by atoms with E-state index in [1.165, 1.54) is 6.66 Å². The third-order valence-electron chi connectivity index (χ3n) is 1.69. The minimum absolute atomic E-state index is 0.151. The van der Waals surface area contributed by atoms with Gasteiger partial charge < -0.3 is 9.84 Å². The van der Waals surface area contributed by atoms with E-state index in [4.69, 9.17) is 22.2 Å². The van der Waals surface area contributed by atoms with Crippen LogP contribution in [0.5, 0.6) is 0 Å². The van der Waals surface area contributed by atoms with Gasteiger partial charge in [-0.15, -0.1) is 4.52 Å². The van der Waals surface area contributed by atoms with Crippen LogP contribution in [0.15, 0.2) is 0 Å². The molecular formula is C6H11BO4P+. The summed E-state index contributed by atoms with van der Waals surface area (Å²) in [6.07, 6.45) is -0.280. The first-order chi connectivity index (χ1) is 5.63. The summed E-state index contributed by atoms with van der Waals surface area (Å²) in [6.45, 7) is 1.31. The normalized spacial score (nSPS) is 36.8. The van der Waals surface area contributed by atoms with E-state index < -0.39 is 20.1 Å². The van der Waals surface area contributed by atoms with Crippen LogP contribution in [0.1, 0.15) is 6.42 Å². The van der Waals surface area contributed by atoms with Crippen molar-refractivity contribution in [3.63, 3.8) is 0 Å². The first kappa shape index (κ1) is 10.1. The summed E-state index contributed by atoms with van der Waals surface area (Å²) in [6, 6.07) is -0.415. The zero-order valence-electron chi connectivity index (χ0n) is 6.84. The fourth-order valence-corrected chi connectivity index (χ4v) is 1.81. The van der Waals surface area contributed by atoms with Crippen LogP contribution >= 0.6 is 8.03 Å². The lowest BCUT2D eigenvalue weighted by Gasteiger charge is -2.09. The van der Waals surface area contributed by atoms with Gasteiger partial charge in [0.05, 0.1) is 6.61 Å². The van der Waals surface area contributed by atoms with E-state index >= 15 is 0 Å². The average molecular weight is 189 g/mol. The van der Waals surface area contributed by atoms with Gasteiger partial charge in [-0.2, -0.15) is 0 Å². The Morgan fingerprint density at radius 1 is 1.83 bits per heavy atom. The molecule has 0 aromatic carbocycles. The number of aliphatic hydroxyl groups excluding tert-OH is 1. The minimum atomic E-state index is -1.66. The number of hydrogen-bond donors (Lipinski definition) is 1. The topological polar surface area (TPSA) is 55.8 Å². The predicted molar refractivity (Wildman–Crippen MR) is 44.5 cm³/mol. The van der Waals surface area contributed by atoms with Crippen LogP contribution in [0.2, 0.25) is 0 Å². The zero-order valence-corrected chi connectivity index (χ0v) is 7.74. The minimum Gasteiger partial charge on any atom is -0.394 e. The van der Waals surface area contributed by atoms with Crippen molar-refractivity contribution in [1.29, 1.82) is 0 Å². The molecule has 2 radical (unpaired) electrons. The smallest absolute Gasteiger partial charge is 0.394 e. The number of hydrogen-bond acceptors (Lipinski definition) is 4. The largest absolute Gasteiger partial charge is 0.505 e. The number of rotatable bonds is 3. The van der Waals surface area contributed by atoms with Gasteiger partial charge in [0.15, 0.2) is 6.66 Å². The molecule has 0 bridgehead atoms. The molecule has 4 unspecified atom stereocenters. The maximum atomic E-state index is 10.7. The van der Waals surface area contributed by atoms with Gasteiger partial charge in [-0.25, -0.2) is 0 Å². The lowest BCUT2D eigenvalue weighted by atomic mass is 9.96. The summed E-state index contributed by atoms with van der Waals surface area (Å²) in [7, 11) is 3.80. The van der Waals surface area contributed by atoms with Gasteiger partial charge in [0.1, 0.15) is 20.1 Å². The summed E-state index contributed by atoms with van der Waals surface area (Å²) < 4.78 is 20.8. The highest BCUT2D eigenvalue weighted by atomic mass is 31.1. The summed E-state index contributed by atoms with van der Waals surface area (Å²) in [4.78, 5) is 0. The Kier molecular flexibility index (Phi) is 3.65. The average Bonchev–Trinajstić information content (AvgIpc) is 2.29. The van der Waals surface area contributed by atoms with Crippen LogP contribution in [-0.4, -0.2) is 44.4 Å². The molecular weight excluding hydrogens is 178 g/mol. The van der Waals surface area contributed by atoms with Crippen LogP contribution in [0, 0.1) is 0 Å². The number of aliphatic hydroxyl groups is 1. The molecule has 4 atom stereocenters. The molecule has 0 spiro atoms. The molecule has 12 heavy (non-hydrogen) atoms. The van der Waals surface area contributed by atoms with Crippen LogP contribution in [0.3, 0.4) is 0 Å². The van der Waals surface area contributed by atoms with Crippen LogP contribution in [0.4, 0.5) is 0 Å². The zero-order chi connectivity index (χ0) is 9.14. The Morgan fingerprint density at radius 3 is 3.00 bits per heavy atom. The molecule has 1 rings (SSSR count). The summed E-state index contributed by atoms with van der Waals surface area (Å²) in [5.74, 6) is 0. The van der Waals surface area contributed by atoms with Crippen molar-refractivity contribution >= 4 is 15.9 Å². The van der Waals surface area contributed by atoms with Gasteiger partial charge in [0.2, 0.25) is 0 Å². The van der Waals surface area contributed by atoms with Crippen molar-refractivity contribution in [2.75, 3.05) is 13.3 Å². The number of ether oxygens (including phenoxy) is 1. The molecule has 6 heteroatoms. The standard InChI is InChI=1S/C6H11BO4P/c1-12(9)11-4-2-6(7)10-5(4)3-8/h4-6,8H,2-3H2,1H3/q+1. The van der Waals surface area contributed by atoms with E-state index in [2.05, 4.69) is 0 Å². The van der Waals surface area contributed by atoms with Crippen molar-refractivity contribution in [2.45, 2.75) is 24.6 Å². The van der Waals surface area contributed by atoms with Gasteiger partial charge >= 0.3 is 8.03 Å². The van der Waals surface area contributed by atoms with Crippen molar-refractivity contribution in [2.24, 2.45) is 0 Å². The molecule has 1 fully saturated rings. The molecule has 66 valence electrons. The first-order valence-corrected chi connectivity index (χ1v) is 5.35. The predicted octanol–water partition coefficient (Wildman–Crippen LogP) is 0.0196. The Hall–Kier alpha value is 0.0449. The molecule has 0 aromatic rings. The lowest BCUT2D eigenvalue weighted by molar-refractivity contribution is 0.00588. The Labute approximate surface area is 73.5 Å². The highest BCUT2D eigenvalue weighted by molar-refractivity contribution is 7.38. The van der Waals surface area contributed by atoms with E-state index in [9.17, 15) is 4.57 Å². The Morgan fingerprint density at radius 2 is 2.50 bits per heavy atom. The lowest BCUT2D eigenvalue weighted by Crippen LogP contribution is -2.25. The van der Waals surface area contributed by atoms with Crippen LogP contribution in [0.25, 0.3) is 0 Å². The fourth-order valence-electron chi connectivity index (χ4n) is 1.21. The Balaban J connectivity index is 2.46. The van der Waals surface area contributed by atoms with Gasteiger partial charge in [0.25, 0.3) is 0 Å². The summed E-state index contributed by atoms with van der Waals surface area (Å²) >= 11 is 0. The molecule has 1 aliphatic heterocycles. The molecule has 1 heterocycles. The van der Waals surface area contributed by atoms with Gasteiger partial charge in [-0.1, -0.05) is 0 Å². The second-order valence-electron chi connectivity index (χ2n) is 2.71. The maximum absolute atomic E-state index is 10.7. The van der Waals surface area contributed by atoms with Crippen molar-refractivity contribution < 1.29 is 18.9 Å². The van der Waals surface area contributed by atoms with E-state index in [1.807, 2.05) is 0 Å².